The standard InChI is InChI=1S/C9H17P/c1-3-5-6-9(4-2)7-8-10/h3-4H,1,5-8,10H2,2H3. The molecule has 0 aromatic heterocycles. The molecule has 58 valence electrons. The molecule has 0 amide bonds. The summed E-state index contributed by atoms with van der Waals surface area (Å²) in [4.78, 5) is 0. The van der Waals surface area contributed by atoms with Crippen LogP contribution in [0.5, 0.6) is 0 Å². The molecule has 0 heterocycles. The quantitative estimate of drug-likeness (QED) is 0.423. The monoisotopic (exact) mass is 156 g/mol. The normalized spacial score (nSPS) is 11.6. The summed E-state index contributed by atoms with van der Waals surface area (Å²) in [7, 11) is 2.75. The molecule has 0 bridgehead atoms. The van der Waals surface area contributed by atoms with Gasteiger partial charge in [-0.25, -0.2) is 0 Å². The van der Waals surface area contributed by atoms with Gasteiger partial charge in [0.25, 0.3) is 0 Å². The first-order valence-corrected chi connectivity index (χ1v) is 4.61. The van der Waals surface area contributed by atoms with Gasteiger partial charge in [0.05, 0.1) is 0 Å². The third kappa shape index (κ3) is 4.76. The van der Waals surface area contributed by atoms with Crippen LogP contribution in [0.1, 0.15) is 26.2 Å². The van der Waals surface area contributed by atoms with Crippen molar-refractivity contribution >= 4 is 9.24 Å². The summed E-state index contributed by atoms with van der Waals surface area (Å²) in [5.41, 5.74) is 1.55. The van der Waals surface area contributed by atoms with E-state index in [-0.39, 0.29) is 0 Å². The van der Waals surface area contributed by atoms with Crippen LogP contribution in [0.3, 0.4) is 0 Å². The molecule has 0 aromatic rings. The van der Waals surface area contributed by atoms with Gasteiger partial charge in [0.1, 0.15) is 0 Å². The topological polar surface area (TPSA) is 0 Å². The lowest BCUT2D eigenvalue weighted by atomic mass is 10.1. The number of hydrogen-bond donors (Lipinski definition) is 0. The van der Waals surface area contributed by atoms with E-state index in [1.165, 1.54) is 19.0 Å². The van der Waals surface area contributed by atoms with Gasteiger partial charge in [0.15, 0.2) is 0 Å². The van der Waals surface area contributed by atoms with Crippen molar-refractivity contribution in [3.8, 4) is 0 Å². The average molecular weight is 156 g/mol. The van der Waals surface area contributed by atoms with Crippen LogP contribution >= 0.6 is 9.24 Å². The summed E-state index contributed by atoms with van der Waals surface area (Å²) >= 11 is 0. The van der Waals surface area contributed by atoms with E-state index in [0.717, 1.165) is 6.42 Å². The smallest absolute Gasteiger partial charge is 0.0286 e. The Morgan fingerprint density at radius 2 is 2.20 bits per heavy atom. The SMILES string of the molecule is C=CCCC(=CC)CCP. The molecule has 0 aromatic carbocycles. The van der Waals surface area contributed by atoms with Gasteiger partial charge in [-0.05, 0) is 32.3 Å². The molecule has 0 rings (SSSR count). The zero-order chi connectivity index (χ0) is 7.82. The second kappa shape index (κ2) is 7.02. The molecule has 0 fully saturated rings. The molecule has 1 unspecified atom stereocenters. The van der Waals surface area contributed by atoms with Crippen LogP contribution in [0.2, 0.25) is 0 Å². The first kappa shape index (κ1) is 9.91. The van der Waals surface area contributed by atoms with Gasteiger partial charge in [0.2, 0.25) is 0 Å². The molecule has 0 nitrogen and oxygen atoms in total. The summed E-state index contributed by atoms with van der Waals surface area (Å²) in [6, 6.07) is 0. The fourth-order valence-electron chi connectivity index (χ4n) is 0.887. The second-order valence-corrected chi connectivity index (χ2v) is 2.89. The van der Waals surface area contributed by atoms with Gasteiger partial charge >= 0.3 is 0 Å². The Labute approximate surface area is 66.6 Å². The highest BCUT2D eigenvalue weighted by Crippen LogP contribution is 2.10. The van der Waals surface area contributed by atoms with Crippen molar-refractivity contribution in [1.82, 2.24) is 0 Å². The van der Waals surface area contributed by atoms with E-state index >= 15 is 0 Å². The van der Waals surface area contributed by atoms with Crippen LogP contribution in [-0.4, -0.2) is 6.16 Å². The minimum absolute atomic E-state index is 1.12. The van der Waals surface area contributed by atoms with E-state index in [2.05, 4.69) is 28.8 Å². The highest BCUT2D eigenvalue weighted by Gasteiger charge is 1.91. The van der Waals surface area contributed by atoms with Gasteiger partial charge in [-0.3, -0.25) is 0 Å². The number of allylic oxidation sites excluding steroid dienone is 3. The fourth-order valence-corrected chi connectivity index (χ4v) is 1.26. The van der Waals surface area contributed by atoms with E-state index in [1.807, 2.05) is 6.08 Å². The molecule has 0 saturated carbocycles. The maximum absolute atomic E-state index is 3.69. The van der Waals surface area contributed by atoms with E-state index in [4.69, 9.17) is 0 Å². The van der Waals surface area contributed by atoms with Gasteiger partial charge in [-0.1, -0.05) is 17.7 Å². The lowest BCUT2D eigenvalue weighted by molar-refractivity contribution is 0.911. The Hall–Kier alpha value is -0.0900. The molecule has 0 aliphatic heterocycles. The van der Waals surface area contributed by atoms with E-state index in [0.29, 0.717) is 0 Å². The summed E-state index contributed by atoms with van der Waals surface area (Å²) < 4.78 is 0. The maximum Gasteiger partial charge on any atom is -0.0286 e. The molecule has 1 atom stereocenters. The van der Waals surface area contributed by atoms with Crippen molar-refractivity contribution in [1.29, 1.82) is 0 Å². The van der Waals surface area contributed by atoms with Gasteiger partial charge in [0, 0.05) is 0 Å². The average Bonchev–Trinajstić information content (AvgIpc) is 1.98. The summed E-state index contributed by atoms with van der Waals surface area (Å²) in [6.45, 7) is 5.80. The molecule has 0 aliphatic rings. The molecule has 0 aliphatic carbocycles. The maximum atomic E-state index is 3.69. The largest absolute Gasteiger partial charge is 0.137 e. The Morgan fingerprint density at radius 3 is 2.60 bits per heavy atom. The number of hydrogen-bond acceptors (Lipinski definition) is 0. The van der Waals surface area contributed by atoms with E-state index in [1.54, 1.807) is 5.57 Å². The zero-order valence-corrected chi connectivity index (χ0v) is 7.92. The van der Waals surface area contributed by atoms with Crippen LogP contribution in [0.4, 0.5) is 0 Å². The van der Waals surface area contributed by atoms with Crippen LogP contribution in [0.25, 0.3) is 0 Å². The van der Waals surface area contributed by atoms with Crippen molar-refractivity contribution in [2.45, 2.75) is 26.2 Å². The predicted molar refractivity (Wildman–Crippen MR) is 52.4 cm³/mol. The van der Waals surface area contributed by atoms with Gasteiger partial charge in [-0.2, -0.15) is 0 Å². The fraction of sp³-hybridized carbons (Fsp3) is 0.556. The summed E-state index contributed by atoms with van der Waals surface area (Å²) in [5.74, 6) is 0. The zero-order valence-electron chi connectivity index (χ0n) is 6.77. The number of rotatable bonds is 5. The minimum atomic E-state index is 1.12. The van der Waals surface area contributed by atoms with Gasteiger partial charge in [-0.15, -0.1) is 15.8 Å². The Bertz CT molecular complexity index is 114. The molecule has 1 heteroatoms. The lowest BCUT2D eigenvalue weighted by Gasteiger charge is -2.01. The highest BCUT2D eigenvalue weighted by atomic mass is 31.0. The Balaban J connectivity index is 3.51. The van der Waals surface area contributed by atoms with Crippen LogP contribution in [0, 0.1) is 0 Å². The third-order valence-corrected chi connectivity index (χ3v) is 1.83. The summed E-state index contributed by atoms with van der Waals surface area (Å²) in [6.07, 6.45) is 8.89. The van der Waals surface area contributed by atoms with Crippen LogP contribution in [0.15, 0.2) is 24.3 Å². The van der Waals surface area contributed by atoms with Crippen molar-refractivity contribution in [2.75, 3.05) is 6.16 Å². The minimum Gasteiger partial charge on any atom is -0.137 e. The third-order valence-electron chi connectivity index (χ3n) is 1.54. The lowest BCUT2D eigenvalue weighted by Crippen LogP contribution is -1.83. The van der Waals surface area contributed by atoms with Crippen molar-refractivity contribution in [2.24, 2.45) is 0 Å². The van der Waals surface area contributed by atoms with Crippen molar-refractivity contribution < 1.29 is 0 Å². The molecule has 0 N–H and O–H groups in total. The summed E-state index contributed by atoms with van der Waals surface area (Å²) in [5, 5.41) is 0. The van der Waals surface area contributed by atoms with Crippen LogP contribution < -0.4 is 0 Å². The molecule has 10 heavy (non-hydrogen) atoms. The van der Waals surface area contributed by atoms with E-state index < -0.39 is 0 Å². The van der Waals surface area contributed by atoms with Crippen LogP contribution in [-0.2, 0) is 0 Å². The molecular formula is C9H17P. The first-order chi connectivity index (χ1) is 4.85. The van der Waals surface area contributed by atoms with Crippen molar-refractivity contribution in [3.63, 3.8) is 0 Å². The van der Waals surface area contributed by atoms with E-state index in [9.17, 15) is 0 Å². The highest BCUT2D eigenvalue weighted by molar-refractivity contribution is 7.16. The van der Waals surface area contributed by atoms with Gasteiger partial charge < -0.3 is 0 Å². The molecule has 0 saturated heterocycles. The molecule has 0 spiro atoms. The first-order valence-electron chi connectivity index (χ1n) is 3.80. The van der Waals surface area contributed by atoms with Crippen molar-refractivity contribution in [3.05, 3.63) is 24.3 Å². The Kier molecular flexibility index (Phi) is 6.96. The predicted octanol–water partition coefficient (Wildman–Crippen LogP) is 3.16. The molecule has 0 radical (unpaired) electrons. The second-order valence-electron chi connectivity index (χ2n) is 2.31. The molecular weight excluding hydrogens is 139 g/mol. The Morgan fingerprint density at radius 1 is 1.50 bits per heavy atom.